The van der Waals surface area contributed by atoms with E-state index in [4.69, 9.17) is 27.9 Å². The summed E-state index contributed by atoms with van der Waals surface area (Å²) in [6.07, 6.45) is 1.87. The second-order valence-corrected chi connectivity index (χ2v) is 8.02. The average molecular weight is 451 g/mol. The van der Waals surface area contributed by atoms with Crippen molar-refractivity contribution in [2.45, 2.75) is 46.2 Å². The maximum atomic E-state index is 13.0. The highest BCUT2D eigenvalue weighted by Gasteiger charge is 2.26. The Morgan fingerprint density at radius 3 is 2.60 bits per heavy atom. The van der Waals surface area contributed by atoms with Crippen molar-refractivity contribution in [3.8, 4) is 5.75 Å². The number of amides is 2. The summed E-state index contributed by atoms with van der Waals surface area (Å²) < 4.78 is 5.67. The van der Waals surface area contributed by atoms with Gasteiger partial charge in [-0.2, -0.15) is 0 Å². The van der Waals surface area contributed by atoms with Crippen LogP contribution in [0.5, 0.6) is 5.75 Å². The Bertz CT molecular complexity index is 873. The summed E-state index contributed by atoms with van der Waals surface area (Å²) in [6.45, 7) is 6.29. The molecule has 0 radical (unpaired) electrons. The van der Waals surface area contributed by atoms with Crippen molar-refractivity contribution in [2.24, 2.45) is 0 Å². The Balaban J connectivity index is 2.12. The molecule has 0 spiro atoms. The number of unbranched alkanes of at least 4 members (excludes halogenated alkanes) is 1. The lowest BCUT2D eigenvalue weighted by Gasteiger charge is -2.29. The molecule has 1 unspecified atom stereocenters. The minimum atomic E-state index is -0.649. The van der Waals surface area contributed by atoms with Crippen molar-refractivity contribution in [3.63, 3.8) is 0 Å². The van der Waals surface area contributed by atoms with Gasteiger partial charge in [-0.15, -0.1) is 0 Å². The molecule has 2 aromatic carbocycles. The largest absolute Gasteiger partial charge is 0.484 e. The van der Waals surface area contributed by atoms with Crippen LogP contribution in [-0.4, -0.2) is 35.9 Å². The van der Waals surface area contributed by atoms with Crippen molar-refractivity contribution < 1.29 is 14.3 Å². The highest BCUT2D eigenvalue weighted by molar-refractivity contribution is 6.31. The summed E-state index contributed by atoms with van der Waals surface area (Å²) in [6, 6.07) is 11.8. The molecule has 7 heteroatoms. The number of halogens is 2. The Hall–Kier alpha value is -2.24. The van der Waals surface area contributed by atoms with E-state index in [9.17, 15) is 9.59 Å². The molecule has 5 nitrogen and oxygen atoms in total. The first-order chi connectivity index (χ1) is 14.3. The maximum Gasteiger partial charge on any atom is 0.261 e. The van der Waals surface area contributed by atoms with Gasteiger partial charge < -0.3 is 15.0 Å². The quantitative estimate of drug-likeness (QED) is 0.517. The zero-order valence-corrected chi connectivity index (χ0v) is 19.1. The highest BCUT2D eigenvalue weighted by Crippen LogP contribution is 2.21. The predicted molar refractivity (Wildman–Crippen MR) is 121 cm³/mol. The molecule has 0 aliphatic heterocycles. The van der Waals surface area contributed by atoms with Gasteiger partial charge in [-0.1, -0.05) is 48.7 Å². The number of nitrogens with zero attached hydrogens (tertiary/aromatic N) is 1. The Morgan fingerprint density at radius 1 is 1.17 bits per heavy atom. The van der Waals surface area contributed by atoms with Gasteiger partial charge in [-0.25, -0.2) is 0 Å². The molecule has 0 aliphatic rings. The van der Waals surface area contributed by atoms with Gasteiger partial charge in [-0.05, 0) is 61.7 Å². The van der Waals surface area contributed by atoms with Gasteiger partial charge in [0.1, 0.15) is 11.8 Å². The first kappa shape index (κ1) is 24.0. The van der Waals surface area contributed by atoms with Crippen molar-refractivity contribution in [1.82, 2.24) is 10.2 Å². The maximum absolute atomic E-state index is 13.0. The summed E-state index contributed by atoms with van der Waals surface area (Å²) in [4.78, 5) is 27.1. The molecule has 0 fully saturated rings. The monoisotopic (exact) mass is 450 g/mol. The average Bonchev–Trinajstić information content (AvgIpc) is 2.72. The molecular formula is C23H28Cl2N2O3. The molecule has 0 aromatic heterocycles. The molecule has 2 rings (SSSR count). The number of nitrogens with one attached hydrogen (secondary N) is 1. The minimum absolute atomic E-state index is 0.186. The molecule has 1 N–H and O–H groups in total. The second-order valence-electron chi connectivity index (χ2n) is 7.17. The fourth-order valence-electron chi connectivity index (χ4n) is 2.89. The van der Waals surface area contributed by atoms with E-state index < -0.39 is 6.04 Å². The Labute approximate surface area is 188 Å². The van der Waals surface area contributed by atoms with Crippen LogP contribution in [0.3, 0.4) is 0 Å². The summed E-state index contributed by atoms with van der Waals surface area (Å²) >= 11 is 12.1. The Kier molecular flexibility index (Phi) is 9.47. The van der Waals surface area contributed by atoms with Crippen LogP contribution in [0.15, 0.2) is 42.5 Å². The summed E-state index contributed by atoms with van der Waals surface area (Å²) in [5.74, 6) is 0.0647. The predicted octanol–water partition coefficient (Wildman–Crippen LogP) is 5.01. The van der Waals surface area contributed by atoms with Crippen LogP contribution in [0.25, 0.3) is 0 Å². The van der Waals surface area contributed by atoms with Crippen molar-refractivity contribution >= 4 is 35.0 Å². The number of carbonyl (C=O) groups excluding carboxylic acids is 2. The van der Waals surface area contributed by atoms with Crippen LogP contribution < -0.4 is 10.1 Å². The standard InChI is InChI=1S/C23H28Cl2N2O3/c1-4-5-11-26-23(29)17(3)27(14-18-7-6-8-19(24)13-18)22(28)15-30-20-9-10-21(25)16(2)12-20/h6-10,12-13,17H,4-5,11,14-15H2,1-3H3,(H,26,29). The van der Waals surface area contributed by atoms with Crippen LogP contribution >= 0.6 is 23.2 Å². The fourth-order valence-corrected chi connectivity index (χ4v) is 3.22. The van der Waals surface area contributed by atoms with Crippen molar-refractivity contribution in [2.75, 3.05) is 13.2 Å². The number of hydrogen-bond acceptors (Lipinski definition) is 3. The molecule has 162 valence electrons. The third-order valence-corrected chi connectivity index (χ3v) is 5.39. The lowest BCUT2D eigenvalue weighted by molar-refractivity contribution is -0.142. The van der Waals surface area contributed by atoms with E-state index in [1.807, 2.05) is 19.1 Å². The fraction of sp³-hybridized carbons (Fsp3) is 0.391. The van der Waals surface area contributed by atoms with E-state index >= 15 is 0 Å². The lowest BCUT2D eigenvalue weighted by atomic mass is 10.1. The number of hydrogen-bond donors (Lipinski definition) is 1. The van der Waals surface area contributed by atoms with E-state index in [1.54, 1.807) is 37.3 Å². The zero-order valence-electron chi connectivity index (χ0n) is 17.6. The smallest absolute Gasteiger partial charge is 0.261 e. The summed E-state index contributed by atoms with van der Waals surface area (Å²) in [5, 5.41) is 4.10. The topological polar surface area (TPSA) is 58.6 Å². The molecule has 2 amide bonds. The van der Waals surface area contributed by atoms with Crippen LogP contribution in [0.1, 0.15) is 37.8 Å². The van der Waals surface area contributed by atoms with E-state index in [1.165, 1.54) is 4.90 Å². The van der Waals surface area contributed by atoms with Gasteiger partial charge in [0.05, 0.1) is 0 Å². The first-order valence-electron chi connectivity index (χ1n) is 10.0. The van der Waals surface area contributed by atoms with Crippen molar-refractivity contribution in [3.05, 3.63) is 63.6 Å². The van der Waals surface area contributed by atoms with Crippen LogP contribution in [0.4, 0.5) is 0 Å². The van der Waals surface area contributed by atoms with Gasteiger partial charge in [-0.3, -0.25) is 9.59 Å². The third-order valence-electron chi connectivity index (χ3n) is 4.73. The SMILES string of the molecule is CCCCNC(=O)C(C)N(Cc1cccc(Cl)c1)C(=O)COc1ccc(Cl)c(C)c1. The molecular weight excluding hydrogens is 423 g/mol. The number of benzene rings is 2. The van der Waals surface area contributed by atoms with E-state index in [2.05, 4.69) is 12.2 Å². The van der Waals surface area contributed by atoms with E-state index in [0.717, 1.165) is 24.0 Å². The molecule has 0 saturated heterocycles. The van der Waals surface area contributed by atoms with Crippen molar-refractivity contribution in [1.29, 1.82) is 0 Å². The molecule has 0 heterocycles. The normalized spacial score (nSPS) is 11.6. The van der Waals surface area contributed by atoms with E-state index in [0.29, 0.717) is 22.3 Å². The Morgan fingerprint density at radius 2 is 1.93 bits per heavy atom. The number of aryl methyl sites for hydroxylation is 1. The molecule has 0 aliphatic carbocycles. The minimum Gasteiger partial charge on any atom is -0.484 e. The molecule has 0 bridgehead atoms. The van der Waals surface area contributed by atoms with Gasteiger partial charge in [0.2, 0.25) is 5.91 Å². The molecule has 0 saturated carbocycles. The van der Waals surface area contributed by atoms with Gasteiger partial charge in [0.15, 0.2) is 6.61 Å². The molecule has 1 atom stereocenters. The van der Waals surface area contributed by atoms with Gasteiger partial charge in [0.25, 0.3) is 5.91 Å². The molecule has 30 heavy (non-hydrogen) atoms. The van der Waals surface area contributed by atoms with Crippen LogP contribution in [-0.2, 0) is 16.1 Å². The molecule has 2 aromatic rings. The first-order valence-corrected chi connectivity index (χ1v) is 10.8. The number of ether oxygens (including phenoxy) is 1. The lowest BCUT2D eigenvalue weighted by Crippen LogP contribution is -2.49. The highest BCUT2D eigenvalue weighted by atomic mass is 35.5. The van der Waals surface area contributed by atoms with E-state index in [-0.39, 0.29) is 25.0 Å². The zero-order chi connectivity index (χ0) is 22.1. The van der Waals surface area contributed by atoms with Crippen LogP contribution in [0, 0.1) is 6.92 Å². The van der Waals surface area contributed by atoms with Crippen LogP contribution in [0.2, 0.25) is 10.0 Å². The second kappa shape index (κ2) is 11.8. The number of carbonyl (C=O) groups is 2. The summed E-state index contributed by atoms with van der Waals surface area (Å²) in [5.41, 5.74) is 1.70. The van der Waals surface area contributed by atoms with Gasteiger partial charge >= 0.3 is 0 Å². The third kappa shape index (κ3) is 7.22. The summed E-state index contributed by atoms with van der Waals surface area (Å²) in [7, 11) is 0. The van der Waals surface area contributed by atoms with Gasteiger partial charge in [0, 0.05) is 23.1 Å². The number of rotatable bonds is 10.